The highest BCUT2D eigenvalue weighted by atomic mass is 79.9. The van der Waals surface area contributed by atoms with Gasteiger partial charge in [-0.3, -0.25) is 4.79 Å². The third-order valence-corrected chi connectivity index (χ3v) is 3.38. The Hall–Kier alpha value is -2.74. The first kappa shape index (κ1) is 17.6. The maximum absolute atomic E-state index is 11.7. The van der Waals surface area contributed by atoms with E-state index in [0.29, 0.717) is 17.1 Å². The van der Waals surface area contributed by atoms with Crippen molar-refractivity contribution in [2.24, 2.45) is 5.10 Å². The van der Waals surface area contributed by atoms with E-state index in [-0.39, 0.29) is 18.1 Å². The lowest BCUT2D eigenvalue weighted by Crippen LogP contribution is -2.24. The van der Waals surface area contributed by atoms with Gasteiger partial charge in [-0.1, -0.05) is 15.9 Å². The molecule has 1 amide bonds. The monoisotopic (exact) mass is 394 g/mol. The number of aromatic hydroxyl groups is 2. The molecule has 7 nitrogen and oxygen atoms in total. The van der Waals surface area contributed by atoms with Crippen LogP contribution >= 0.6 is 15.9 Å². The first-order chi connectivity index (χ1) is 11.5. The van der Waals surface area contributed by atoms with E-state index in [9.17, 15) is 15.0 Å². The molecule has 0 saturated heterocycles. The highest BCUT2D eigenvalue weighted by Gasteiger charge is 2.07. The molecule has 8 heteroatoms. The van der Waals surface area contributed by atoms with E-state index in [4.69, 9.17) is 9.47 Å². The largest absolute Gasteiger partial charge is 0.508 e. The van der Waals surface area contributed by atoms with Crippen LogP contribution in [0.4, 0.5) is 0 Å². The molecule has 3 N–H and O–H groups in total. The molecule has 0 fully saturated rings. The Morgan fingerprint density at radius 1 is 1.25 bits per heavy atom. The Labute approximate surface area is 146 Å². The molecular weight excluding hydrogens is 380 g/mol. The fraction of sp³-hybridized carbons (Fsp3) is 0.125. The highest BCUT2D eigenvalue weighted by Crippen LogP contribution is 2.30. The van der Waals surface area contributed by atoms with Crippen LogP contribution in [0.5, 0.6) is 23.0 Å². The maximum Gasteiger partial charge on any atom is 0.277 e. The molecular formula is C16H15BrN2O5. The number of phenolic OH excluding ortho intramolecular Hbond substituents is 2. The van der Waals surface area contributed by atoms with Crippen LogP contribution in [-0.2, 0) is 4.79 Å². The molecule has 0 atom stereocenters. The molecule has 2 aromatic carbocycles. The molecule has 2 rings (SSSR count). The zero-order chi connectivity index (χ0) is 17.5. The Morgan fingerprint density at radius 2 is 2.04 bits per heavy atom. The number of hydrazone groups is 1. The van der Waals surface area contributed by atoms with Crippen LogP contribution in [0.15, 0.2) is 46.0 Å². The number of benzene rings is 2. The first-order valence-electron chi connectivity index (χ1n) is 6.80. The quantitative estimate of drug-likeness (QED) is 0.515. The van der Waals surface area contributed by atoms with Gasteiger partial charge in [0, 0.05) is 16.1 Å². The lowest BCUT2D eigenvalue weighted by Gasteiger charge is -2.10. The number of ether oxygens (including phenoxy) is 2. The third-order valence-electron chi connectivity index (χ3n) is 2.89. The van der Waals surface area contributed by atoms with Crippen LogP contribution in [-0.4, -0.2) is 36.1 Å². The molecule has 0 aliphatic heterocycles. The van der Waals surface area contributed by atoms with Crippen LogP contribution in [0.1, 0.15) is 5.56 Å². The number of carbonyl (C=O) groups excluding carboxylic acids is 1. The lowest BCUT2D eigenvalue weighted by atomic mass is 10.2. The summed E-state index contributed by atoms with van der Waals surface area (Å²) in [5, 5.41) is 22.5. The minimum Gasteiger partial charge on any atom is -0.508 e. The van der Waals surface area contributed by atoms with E-state index >= 15 is 0 Å². The lowest BCUT2D eigenvalue weighted by molar-refractivity contribution is -0.123. The second-order valence-electron chi connectivity index (χ2n) is 4.62. The number of halogens is 1. The summed E-state index contributed by atoms with van der Waals surface area (Å²) in [6.45, 7) is -0.253. The van der Waals surface area contributed by atoms with Crippen molar-refractivity contribution in [1.29, 1.82) is 0 Å². The zero-order valence-electron chi connectivity index (χ0n) is 12.7. The first-order valence-corrected chi connectivity index (χ1v) is 7.59. The zero-order valence-corrected chi connectivity index (χ0v) is 14.3. The summed E-state index contributed by atoms with van der Waals surface area (Å²) >= 11 is 3.31. The van der Waals surface area contributed by atoms with Crippen LogP contribution < -0.4 is 14.9 Å². The van der Waals surface area contributed by atoms with Crippen molar-refractivity contribution in [3.8, 4) is 23.0 Å². The van der Waals surface area contributed by atoms with Gasteiger partial charge in [0.05, 0.1) is 13.3 Å². The average molecular weight is 395 g/mol. The second-order valence-corrected chi connectivity index (χ2v) is 5.54. The van der Waals surface area contributed by atoms with Gasteiger partial charge in [-0.15, -0.1) is 0 Å². The SMILES string of the molecule is COc1cc(Br)ccc1OCC(=O)N/N=C/c1ccc(O)cc1O. The molecule has 0 spiro atoms. The number of nitrogens with one attached hydrogen (secondary N) is 1. The Bertz CT molecular complexity index is 764. The van der Waals surface area contributed by atoms with E-state index in [2.05, 4.69) is 26.5 Å². The summed E-state index contributed by atoms with van der Waals surface area (Å²) in [6.07, 6.45) is 1.26. The molecule has 0 bridgehead atoms. The molecule has 0 saturated carbocycles. The normalized spacial score (nSPS) is 10.6. The van der Waals surface area contributed by atoms with Crippen LogP contribution in [0.3, 0.4) is 0 Å². The summed E-state index contributed by atoms with van der Waals surface area (Å²) in [5.74, 6) is 0.231. The summed E-state index contributed by atoms with van der Waals surface area (Å²) in [5.41, 5.74) is 2.62. The van der Waals surface area contributed by atoms with Crippen molar-refractivity contribution in [3.63, 3.8) is 0 Å². The van der Waals surface area contributed by atoms with Gasteiger partial charge in [0.15, 0.2) is 18.1 Å². The second kappa shape index (κ2) is 8.21. The molecule has 126 valence electrons. The van der Waals surface area contributed by atoms with Crippen molar-refractivity contribution in [2.75, 3.05) is 13.7 Å². The molecule has 0 aliphatic rings. The minimum absolute atomic E-state index is 0.0643. The third kappa shape index (κ3) is 4.88. The van der Waals surface area contributed by atoms with E-state index in [1.807, 2.05) is 0 Å². The van der Waals surface area contributed by atoms with Gasteiger partial charge >= 0.3 is 0 Å². The smallest absolute Gasteiger partial charge is 0.277 e. The van der Waals surface area contributed by atoms with E-state index < -0.39 is 5.91 Å². The van der Waals surface area contributed by atoms with Crippen molar-refractivity contribution >= 4 is 28.1 Å². The maximum atomic E-state index is 11.7. The fourth-order valence-corrected chi connectivity index (χ4v) is 2.09. The van der Waals surface area contributed by atoms with Crippen LogP contribution in [0.25, 0.3) is 0 Å². The van der Waals surface area contributed by atoms with Gasteiger partial charge in [-0.05, 0) is 30.3 Å². The van der Waals surface area contributed by atoms with E-state index in [1.54, 1.807) is 18.2 Å². The number of rotatable bonds is 6. The molecule has 24 heavy (non-hydrogen) atoms. The Morgan fingerprint density at radius 3 is 2.75 bits per heavy atom. The fourth-order valence-electron chi connectivity index (χ4n) is 1.75. The van der Waals surface area contributed by atoms with Gasteiger partial charge in [-0.25, -0.2) is 5.43 Å². The van der Waals surface area contributed by atoms with Gasteiger partial charge in [-0.2, -0.15) is 5.10 Å². The van der Waals surface area contributed by atoms with Crippen LogP contribution in [0, 0.1) is 0 Å². The van der Waals surface area contributed by atoms with E-state index in [0.717, 1.165) is 4.47 Å². The predicted octanol–water partition coefficient (Wildman–Crippen LogP) is 2.40. The average Bonchev–Trinajstić information content (AvgIpc) is 2.55. The van der Waals surface area contributed by atoms with Crippen molar-refractivity contribution in [1.82, 2.24) is 5.43 Å². The van der Waals surface area contributed by atoms with Crippen molar-refractivity contribution < 1.29 is 24.5 Å². The molecule has 0 radical (unpaired) electrons. The highest BCUT2D eigenvalue weighted by molar-refractivity contribution is 9.10. The molecule has 0 aliphatic carbocycles. The number of phenols is 2. The summed E-state index contributed by atoms with van der Waals surface area (Å²) < 4.78 is 11.4. The number of hydrogen-bond donors (Lipinski definition) is 3. The van der Waals surface area contributed by atoms with Gasteiger partial charge in [0.2, 0.25) is 0 Å². The molecule has 0 heterocycles. The summed E-state index contributed by atoms with van der Waals surface area (Å²) in [7, 11) is 1.50. The van der Waals surface area contributed by atoms with Gasteiger partial charge in [0.1, 0.15) is 11.5 Å². The number of amides is 1. The molecule has 0 aromatic heterocycles. The number of nitrogens with zero attached hydrogens (tertiary/aromatic N) is 1. The topological polar surface area (TPSA) is 100 Å². The van der Waals surface area contributed by atoms with E-state index in [1.165, 1.54) is 31.5 Å². The number of carbonyl (C=O) groups is 1. The molecule has 2 aromatic rings. The molecule has 0 unspecified atom stereocenters. The number of methoxy groups -OCH3 is 1. The van der Waals surface area contributed by atoms with Gasteiger partial charge in [0.25, 0.3) is 5.91 Å². The number of hydrogen-bond acceptors (Lipinski definition) is 6. The van der Waals surface area contributed by atoms with Gasteiger partial charge < -0.3 is 19.7 Å². The summed E-state index contributed by atoms with van der Waals surface area (Å²) in [6, 6.07) is 9.19. The Balaban J connectivity index is 1.88. The minimum atomic E-state index is -0.477. The summed E-state index contributed by atoms with van der Waals surface area (Å²) in [4.78, 5) is 11.7. The van der Waals surface area contributed by atoms with Crippen molar-refractivity contribution in [2.45, 2.75) is 0 Å². The predicted molar refractivity (Wildman–Crippen MR) is 91.7 cm³/mol. The Kier molecular flexibility index (Phi) is 6.02. The standard InChI is InChI=1S/C16H15BrN2O5/c1-23-15-6-11(17)3-5-14(15)24-9-16(22)19-18-8-10-2-4-12(20)7-13(10)21/h2-8,20-21H,9H2,1H3,(H,19,22)/b18-8+. The van der Waals surface area contributed by atoms with Crippen LogP contribution in [0.2, 0.25) is 0 Å². The van der Waals surface area contributed by atoms with Crippen molar-refractivity contribution in [3.05, 3.63) is 46.4 Å².